The number of carbonyl (C=O) groups excluding carboxylic acids is 1. The molecule has 6 heteroatoms. The number of rotatable bonds is 4. The highest BCUT2D eigenvalue weighted by Crippen LogP contribution is 2.50. The molecule has 4 N–H and O–H groups in total. The lowest BCUT2D eigenvalue weighted by atomic mass is 9.72. The van der Waals surface area contributed by atoms with Gasteiger partial charge in [-0.1, -0.05) is 24.3 Å². The van der Waals surface area contributed by atoms with Gasteiger partial charge in [-0.05, 0) is 42.4 Å². The minimum Gasteiger partial charge on any atom is -0.390 e. The van der Waals surface area contributed by atoms with Crippen LogP contribution in [0.25, 0.3) is 0 Å². The van der Waals surface area contributed by atoms with E-state index in [1.54, 1.807) is 6.20 Å². The number of hydrogen-bond acceptors (Lipinski definition) is 4. The van der Waals surface area contributed by atoms with E-state index in [9.17, 15) is 9.90 Å². The number of piperidine rings is 1. The number of aliphatic hydroxyl groups excluding tert-OH is 1. The summed E-state index contributed by atoms with van der Waals surface area (Å²) in [6.45, 7) is 1.37. The first kappa shape index (κ1) is 17.2. The summed E-state index contributed by atoms with van der Waals surface area (Å²) in [6, 6.07) is 7.77. The number of aliphatic hydroxyl groups is 1. The fourth-order valence-corrected chi connectivity index (χ4v) is 4.65. The number of benzene rings is 1. The van der Waals surface area contributed by atoms with E-state index in [-0.39, 0.29) is 17.4 Å². The van der Waals surface area contributed by atoms with Gasteiger partial charge in [0, 0.05) is 31.1 Å². The van der Waals surface area contributed by atoms with Crippen LogP contribution in [0.2, 0.25) is 0 Å². The maximum atomic E-state index is 12.5. The van der Waals surface area contributed by atoms with E-state index in [0.29, 0.717) is 19.5 Å². The molecular weight excluding hydrogens is 328 g/mol. The largest absolute Gasteiger partial charge is 0.390 e. The predicted molar refractivity (Wildman–Crippen MR) is 98.4 cm³/mol. The molecule has 0 saturated carbocycles. The second-order valence-electron chi connectivity index (χ2n) is 7.55. The lowest BCUT2D eigenvalue weighted by Crippen LogP contribution is -2.50. The average molecular weight is 354 g/mol. The summed E-state index contributed by atoms with van der Waals surface area (Å²) >= 11 is 0. The Morgan fingerprint density at radius 2 is 2.12 bits per heavy atom. The number of nitrogens with zero attached hydrogens (tertiary/aromatic N) is 2. The van der Waals surface area contributed by atoms with E-state index in [2.05, 4.69) is 16.3 Å². The van der Waals surface area contributed by atoms with Gasteiger partial charge in [-0.15, -0.1) is 0 Å². The van der Waals surface area contributed by atoms with Gasteiger partial charge in [0.1, 0.15) is 0 Å². The van der Waals surface area contributed by atoms with Crippen molar-refractivity contribution in [3.63, 3.8) is 0 Å². The van der Waals surface area contributed by atoms with Crippen molar-refractivity contribution in [2.75, 3.05) is 13.1 Å². The summed E-state index contributed by atoms with van der Waals surface area (Å²) in [4.78, 5) is 14.5. The van der Waals surface area contributed by atoms with Crippen LogP contribution in [-0.2, 0) is 16.6 Å². The lowest BCUT2D eigenvalue weighted by Gasteiger charge is -2.42. The molecule has 1 saturated heterocycles. The van der Waals surface area contributed by atoms with Gasteiger partial charge in [-0.2, -0.15) is 5.10 Å². The monoisotopic (exact) mass is 354 g/mol. The smallest absolute Gasteiger partial charge is 0.222 e. The van der Waals surface area contributed by atoms with E-state index in [1.165, 1.54) is 5.56 Å². The van der Waals surface area contributed by atoms with Crippen LogP contribution < -0.4 is 5.73 Å². The number of aromatic amines is 1. The first-order chi connectivity index (χ1) is 12.6. The zero-order valence-electron chi connectivity index (χ0n) is 14.9. The van der Waals surface area contributed by atoms with E-state index in [1.807, 2.05) is 29.3 Å². The number of carbonyl (C=O) groups is 1. The molecule has 0 bridgehead atoms. The molecule has 6 nitrogen and oxygen atoms in total. The summed E-state index contributed by atoms with van der Waals surface area (Å²) in [5.41, 5.74) is 9.32. The van der Waals surface area contributed by atoms with E-state index >= 15 is 0 Å². The molecule has 2 aliphatic rings. The maximum Gasteiger partial charge on any atom is 0.222 e. The Bertz CT molecular complexity index is 766. The molecule has 1 aromatic heterocycles. The fourth-order valence-electron chi connectivity index (χ4n) is 4.65. The minimum absolute atomic E-state index is 0.202. The summed E-state index contributed by atoms with van der Waals surface area (Å²) in [6.07, 6.45) is 6.89. The third-order valence-electron chi connectivity index (χ3n) is 6.18. The van der Waals surface area contributed by atoms with Gasteiger partial charge in [0.15, 0.2) is 0 Å². The van der Waals surface area contributed by atoms with Crippen LogP contribution in [0.5, 0.6) is 0 Å². The molecule has 1 aliphatic carbocycles. The zero-order chi connectivity index (χ0) is 18.1. The number of hydrogen-bond donors (Lipinski definition) is 3. The van der Waals surface area contributed by atoms with Crippen molar-refractivity contribution < 1.29 is 9.90 Å². The van der Waals surface area contributed by atoms with Crippen LogP contribution in [0.1, 0.15) is 48.4 Å². The van der Waals surface area contributed by atoms with E-state index in [0.717, 1.165) is 36.8 Å². The van der Waals surface area contributed by atoms with Crippen LogP contribution >= 0.6 is 0 Å². The van der Waals surface area contributed by atoms with Gasteiger partial charge in [0.25, 0.3) is 0 Å². The standard InChI is InChI=1S/C20H26N4O2/c21-18-15-5-1-2-6-16(15)20(19(18)26)8-10-24(11-9-20)17(25)7-3-4-14-12-22-23-13-14/h1-2,5-6,12-13,18-19,26H,3-4,7-11,21H2,(H,22,23)/t18-,19+/m1/s1. The Balaban J connectivity index is 1.37. The number of amides is 1. The third-order valence-corrected chi connectivity index (χ3v) is 6.18. The molecule has 26 heavy (non-hydrogen) atoms. The molecular formula is C20H26N4O2. The van der Waals surface area contributed by atoms with Gasteiger partial charge in [0.2, 0.25) is 5.91 Å². The first-order valence-corrected chi connectivity index (χ1v) is 9.40. The number of aryl methyl sites for hydroxylation is 1. The van der Waals surface area contributed by atoms with E-state index < -0.39 is 6.10 Å². The summed E-state index contributed by atoms with van der Waals surface area (Å²) in [7, 11) is 0. The summed E-state index contributed by atoms with van der Waals surface area (Å²) in [5.74, 6) is 0.202. The quantitative estimate of drug-likeness (QED) is 0.778. The Kier molecular flexibility index (Phi) is 4.54. The Hall–Kier alpha value is -2.18. The van der Waals surface area contributed by atoms with Gasteiger partial charge in [-0.3, -0.25) is 9.89 Å². The van der Waals surface area contributed by atoms with Crippen LogP contribution in [-0.4, -0.2) is 45.3 Å². The molecule has 2 heterocycles. The molecule has 1 aliphatic heterocycles. The Morgan fingerprint density at radius 3 is 2.85 bits per heavy atom. The van der Waals surface area contributed by atoms with Crippen molar-refractivity contribution in [3.05, 3.63) is 53.3 Å². The molecule has 0 radical (unpaired) electrons. The molecule has 1 aromatic carbocycles. The number of fused-ring (bicyclic) bond motifs is 2. The van der Waals surface area contributed by atoms with Crippen molar-refractivity contribution in [2.24, 2.45) is 5.73 Å². The summed E-state index contributed by atoms with van der Waals surface area (Å²) < 4.78 is 0. The molecule has 4 rings (SSSR count). The second kappa shape index (κ2) is 6.85. The van der Waals surface area contributed by atoms with Gasteiger partial charge in [0.05, 0.1) is 18.3 Å². The molecule has 2 atom stereocenters. The number of H-pyrrole nitrogens is 1. The molecule has 138 valence electrons. The normalized spacial score (nSPS) is 24.0. The highest BCUT2D eigenvalue weighted by Gasteiger charge is 2.51. The number of likely N-dealkylation sites (tertiary alicyclic amines) is 1. The first-order valence-electron chi connectivity index (χ1n) is 9.40. The van der Waals surface area contributed by atoms with Crippen molar-refractivity contribution in [1.82, 2.24) is 15.1 Å². The maximum absolute atomic E-state index is 12.5. The SMILES string of the molecule is N[C@@H]1c2ccccc2C2(CCN(C(=O)CCCc3cn[nH]c3)CC2)[C@H]1O. The lowest BCUT2D eigenvalue weighted by molar-refractivity contribution is -0.133. The molecule has 1 fully saturated rings. The van der Waals surface area contributed by atoms with Gasteiger partial charge in [-0.25, -0.2) is 0 Å². The van der Waals surface area contributed by atoms with Crippen LogP contribution in [0.4, 0.5) is 0 Å². The molecule has 1 spiro atoms. The van der Waals surface area contributed by atoms with Crippen LogP contribution in [0.3, 0.4) is 0 Å². The van der Waals surface area contributed by atoms with Crippen LogP contribution in [0.15, 0.2) is 36.7 Å². The number of aromatic nitrogens is 2. The van der Waals surface area contributed by atoms with Crippen LogP contribution in [0, 0.1) is 0 Å². The second-order valence-corrected chi connectivity index (χ2v) is 7.55. The van der Waals surface area contributed by atoms with E-state index in [4.69, 9.17) is 5.73 Å². The van der Waals surface area contributed by atoms with Gasteiger partial charge < -0.3 is 15.7 Å². The number of nitrogens with two attached hydrogens (primary N) is 1. The van der Waals surface area contributed by atoms with Crippen molar-refractivity contribution in [2.45, 2.75) is 49.7 Å². The Morgan fingerprint density at radius 1 is 1.35 bits per heavy atom. The third kappa shape index (κ3) is 2.83. The van der Waals surface area contributed by atoms with Crippen molar-refractivity contribution >= 4 is 5.91 Å². The average Bonchev–Trinajstić information content (AvgIpc) is 3.26. The predicted octanol–water partition coefficient (Wildman–Crippen LogP) is 1.67. The molecule has 2 aromatic rings. The summed E-state index contributed by atoms with van der Waals surface area (Å²) in [5, 5.41) is 17.6. The Labute approximate surface area is 153 Å². The van der Waals surface area contributed by atoms with Crippen molar-refractivity contribution in [3.8, 4) is 0 Å². The number of nitrogens with one attached hydrogen (secondary N) is 1. The zero-order valence-corrected chi connectivity index (χ0v) is 14.9. The minimum atomic E-state index is -0.571. The van der Waals surface area contributed by atoms with Crippen molar-refractivity contribution in [1.29, 1.82) is 0 Å². The highest BCUT2D eigenvalue weighted by atomic mass is 16.3. The molecule has 1 amide bonds. The molecule has 0 unspecified atom stereocenters. The van der Waals surface area contributed by atoms with Gasteiger partial charge >= 0.3 is 0 Å². The fraction of sp³-hybridized carbons (Fsp3) is 0.500. The topological polar surface area (TPSA) is 95.2 Å². The highest BCUT2D eigenvalue weighted by molar-refractivity contribution is 5.76.